The number of carboxylic acids is 1. The van der Waals surface area contributed by atoms with Gasteiger partial charge in [-0.1, -0.05) is 98.2 Å². The van der Waals surface area contributed by atoms with E-state index in [1.54, 1.807) is 80.7 Å². The van der Waals surface area contributed by atoms with Crippen molar-refractivity contribution in [3.63, 3.8) is 0 Å². The van der Waals surface area contributed by atoms with Gasteiger partial charge in [-0.15, -0.1) is 0 Å². The Balaban J connectivity index is 1.25. The first kappa shape index (κ1) is 81.6. The number of amides is 13. The van der Waals surface area contributed by atoms with E-state index in [0.29, 0.717) is 39.0 Å². The second kappa shape index (κ2) is 39.8. The van der Waals surface area contributed by atoms with E-state index in [2.05, 4.69) is 78.5 Å². The third-order valence-corrected chi connectivity index (χ3v) is 17.8. The average Bonchev–Trinajstić information content (AvgIpc) is 1.63. The topological polar surface area (TPSA) is 550 Å². The number of nitrogens with zero attached hydrogens (tertiary/aromatic N) is 5. The summed E-state index contributed by atoms with van der Waals surface area (Å²) in [5, 5.41) is 43.6. The lowest BCUT2D eigenvalue weighted by Crippen LogP contribution is -2.61. The van der Waals surface area contributed by atoms with Crippen molar-refractivity contribution in [1.82, 2.24) is 68.4 Å². The summed E-state index contributed by atoms with van der Waals surface area (Å²) in [6.07, 6.45) is -1.57. The van der Waals surface area contributed by atoms with Crippen LogP contribution in [0.4, 0.5) is 0 Å². The van der Waals surface area contributed by atoms with Crippen LogP contribution in [0.5, 0.6) is 0 Å². The number of carboxylic acid groups (broad SMARTS) is 1. The van der Waals surface area contributed by atoms with Gasteiger partial charge in [0, 0.05) is 98.8 Å². The molecule has 0 radical (unpaired) electrons. The van der Waals surface area contributed by atoms with Crippen molar-refractivity contribution in [2.45, 2.75) is 158 Å². The molecule has 7 rings (SSSR count). The van der Waals surface area contributed by atoms with Crippen molar-refractivity contribution in [1.29, 1.82) is 0 Å². The molecule has 0 unspecified atom stereocenters. The molecule has 5 aromatic rings. The number of nitrogens with one attached hydrogen (secondary N) is 12. The third kappa shape index (κ3) is 24.7. The molecule has 1 aromatic heterocycles. The highest BCUT2D eigenvalue weighted by molar-refractivity contribution is 6.30. The highest BCUT2D eigenvalue weighted by Gasteiger charge is 2.41. The fourth-order valence-corrected chi connectivity index (χ4v) is 12.3. The second-order valence-corrected chi connectivity index (χ2v) is 26.5. The van der Waals surface area contributed by atoms with Gasteiger partial charge in [0.2, 0.25) is 76.8 Å². The summed E-state index contributed by atoms with van der Waals surface area (Å²) in [5.74, 6) is -14.4. The zero-order valence-corrected chi connectivity index (χ0v) is 59.4. The summed E-state index contributed by atoms with van der Waals surface area (Å²) >= 11 is 6.20. The number of rotatable bonds is 26. The van der Waals surface area contributed by atoms with Gasteiger partial charge in [-0.3, -0.25) is 67.3 Å². The number of benzene rings is 4. The second-order valence-electron chi connectivity index (χ2n) is 26.1. The molecule has 2 fully saturated rings. The normalized spacial score (nSPS) is 19.7. The number of carbonyl (C=O) groups excluding carboxylic acids is 13. The minimum atomic E-state index is -2.04. The first-order valence-electron chi connectivity index (χ1n) is 34.5. The highest BCUT2D eigenvalue weighted by atomic mass is 35.5. The van der Waals surface area contributed by atoms with E-state index < -0.39 is 182 Å². The first-order valence-corrected chi connectivity index (χ1v) is 34.8. The van der Waals surface area contributed by atoms with Gasteiger partial charge in [-0.05, 0) is 101 Å². The molecule has 0 spiro atoms. The monoisotopic (exact) mass is 1480 g/mol. The van der Waals surface area contributed by atoms with Crippen LogP contribution in [0.3, 0.4) is 0 Å². The predicted molar refractivity (Wildman–Crippen MR) is 387 cm³/mol. The van der Waals surface area contributed by atoms with Crippen LogP contribution >= 0.6 is 11.6 Å². The van der Waals surface area contributed by atoms with Crippen LogP contribution in [-0.2, 0) is 86.4 Å². The summed E-state index contributed by atoms with van der Waals surface area (Å²) < 4.78 is 0. The van der Waals surface area contributed by atoms with Gasteiger partial charge in [0.25, 0.3) is 0 Å². The van der Waals surface area contributed by atoms with E-state index in [1.807, 2.05) is 18.2 Å². The molecule has 19 N–H and O–H groups in total. The zero-order valence-electron chi connectivity index (χ0n) is 58.6. The molecule has 106 heavy (non-hydrogen) atoms. The van der Waals surface area contributed by atoms with Crippen molar-refractivity contribution < 1.29 is 72.2 Å². The van der Waals surface area contributed by atoms with Crippen LogP contribution in [0, 0.1) is 5.92 Å². The number of H-pyrrole nitrogens is 1. The maximum absolute atomic E-state index is 15.3. The lowest BCUT2D eigenvalue weighted by atomic mass is 9.98. The molecule has 13 amide bonds. The third-order valence-electron chi connectivity index (χ3n) is 17.5. The molecule has 35 nitrogen and oxygen atoms in total. The summed E-state index contributed by atoms with van der Waals surface area (Å²) in [6.45, 7) is 3.44. The number of aliphatic carboxylic acids is 1. The lowest BCUT2D eigenvalue weighted by Gasteiger charge is -2.31. The van der Waals surface area contributed by atoms with Crippen molar-refractivity contribution in [2.75, 3.05) is 32.7 Å². The number of nitrogens with two attached hydrogens (primary N) is 3. The smallest absolute Gasteiger partial charge is 0.327 e. The number of guanidine groups is 1. The molecule has 2 aliphatic heterocycles. The Hall–Kier alpha value is -11.7. The molecule has 2 aliphatic rings. The lowest BCUT2D eigenvalue weighted by molar-refractivity contribution is -0.145. The number of para-hydroxylation sites is 1. The van der Waals surface area contributed by atoms with Gasteiger partial charge in [0.05, 0.1) is 6.42 Å². The van der Waals surface area contributed by atoms with Crippen molar-refractivity contribution in [2.24, 2.45) is 33.2 Å². The van der Waals surface area contributed by atoms with Gasteiger partial charge in [0.15, 0.2) is 5.96 Å². The van der Waals surface area contributed by atoms with Crippen LogP contribution in [0.15, 0.2) is 107 Å². The summed E-state index contributed by atoms with van der Waals surface area (Å²) in [6, 6.07) is 9.74. The number of likely N-dealkylation sites (tertiary alicyclic amines) is 1. The van der Waals surface area contributed by atoms with Gasteiger partial charge in [0.1, 0.15) is 60.4 Å². The van der Waals surface area contributed by atoms with E-state index in [1.165, 1.54) is 17.0 Å². The maximum Gasteiger partial charge on any atom is 0.327 e. The minimum Gasteiger partial charge on any atom is -0.480 e. The van der Waals surface area contributed by atoms with Gasteiger partial charge in [-0.25, -0.2) is 4.79 Å². The van der Waals surface area contributed by atoms with Crippen molar-refractivity contribution in [3.8, 4) is 0 Å². The van der Waals surface area contributed by atoms with E-state index in [4.69, 9.17) is 28.8 Å². The van der Waals surface area contributed by atoms with E-state index in [0.717, 1.165) is 17.7 Å². The SMILES string of the molecule is CC(=O)N[C@H]1CC(=O)NCCC(=O)NCC[C@@H](C(=O)N[C@H](Cc2ccc3ccccc3c2)C(=O)N[C@@H](CC(C)C)C(=O)N[C@@H](CCCN=C(N)N)C(=O)N2CCC[C@H]2C(=O)N[C@@H](CN)C(=O)O)NC(=O)[C@H](CC(=O)N=[N+]=[N-])NC(=O)[C@@H](Cc2c[nH]c3ccccc23)NC(=O)[C@@H](Cc2ccc(Cl)cc2)NC1=O. The standard InChI is InChI=1S/C70H89ClN20O15/c1-37(2)28-49(61(97)82-48(14-8-24-78-70(73)74)68(104)91-27-9-15-56(91)67(103)88-55(35-72)69(105)106)83-63(99)51(31-40-16-19-41-10-4-5-11-42(41)29-40)84-60(96)47-22-25-76-57(93)23-26-77-58(94)33-53(80-38(3)92)65(101)85-50(30-39-17-20-44(71)21-18-39)62(98)86-52(32-43-36-79-46-13-7-6-12-45(43)46)64(100)87-54(66(102)81-47)34-59(95)89-90-75/h4-7,10-13,16-21,29,36-37,47-56,79H,8-9,14-15,22-28,30-35,72H2,1-3H3,(H,76,93)(H,77,94)(H,80,92)(H,81,102)(H,82,97)(H,83,99)(H,84,96)(H,85,101)(H,86,98)(H,87,100)(H,88,103)(H,105,106)(H4,73,74,78)/t47-,48-,49-,50+,51+,52+,53-,54-,55-,56-/m0/s1. The Morgan fingerprint density at radius 1 is 0.708 bits per heavy atom. The van der Waals surface area contributed by atoms with E-state index in [9.17, 15) is 58.6 Å². The van der Waals surface area contributed by atoms with E-state index >= 15 is 19.2 Å². The Labute approximate surface area is 613 Å². The minimum absolute atomic E-state index is 0.00782. The molecule has 10 atom stereocenters. The van der Waals surface area contributed by atoms with E-state index in [-0.39, 0.29) is 76.5 Å². The Morgan fingerprint density at radius 2 is 1.34 bits per heavy atom. The number of aliphatic imine (C=N–C) groups is 1. The molecular weight excluding hydrogens is 1400 g/mol. The molecule has 3 heterocycles. The number of halogens is 1. The van der Waals surface area contributed by atoms with Gasteiger partial charge in [-0.2, -0.15) is 0 Å². The number of hydrogen-bond donors (Lipinski definition) is 16. The van der Waals surface area contributed by atoms with Gasteiger partial charge < -0.3 is 90.7 Å². The quantitative estimate of drug-likeness (QED) is 0.00802. The first-order chi connectivity index (χ1) is 50.6. The molecule has 36 heteroatoms. The highest BCUT2D eigenvalue weighted by Crippen LogP contribution is 2.24. The maximum atomic E-state index is 15.3. The van der Waals surface area contributed by atoms with Crippen molar-refractivity contribution >= 4 is 122 Å². The number of hydrogen-bond acceptors (Lipinski definition) is 16. The molecular formula is C70H89ClN20O15. The largest absolute Gasteiger partial charge is 0.480 e. The van der Waals surface area contributed by atoms with Crippen LogP contribution in [0.2, 0.25) is 5.02 Å². The fourth-order valence-electron chi connectivity index (χ4n) is 12.2. The van der Waals surface area contributed by atoms with Crippen LogP contribution in [0.1, 0.15) is 95.2 Å². The Bertz CT molecular complexity index is 4140. The number of carbonyl (C=O) groups is 14. The molecule has 4 aromatic carbocycles. The number of fused-ring (bicyclic) bond motifs is 2. The summed E-state index contributed by atoms with van der Waals surface area (Å²) in [7, 11) is 0. The van der Waals surface area contributed by atoms with Crippen LogP contribution in [-0.4, -0.2) is 197 Å². The van der Waals surface area contributed by atoms with Crippen LogP contribution < -0.4 is 75.7 Å². The predicted octanol–water partition coefficient (Wildman–Crippen LogP) is -0.837. The molecule has 0 saturated carbocycles. The molecule has 0 aliphatic carbocycles. The Kier molecular flexibility index (Phi) is 30.6. The molecule has 2 saturated heterocycles. The molecule has 566 valence electrons. The van der Waals surface area contributed by atoms with Crippen LogP contribution in [0.25, 0.3) is 32.1 Å². The number of aromatic nitrogens is 1. The van der Waals surface area contributed by atoms with Crippen molar-refractivity contribution in [3.05, 3.63) is 129 Å². The fraction of sp³-hybridized carbons (Fsp3) is 0.443. The Morgan fingerprint density at radius 3 is 2.03 bits per heavy atom. The summed E-state index contributed by atoms with van der Waals surface area (Å²) in [4.78, 5) is 208. The average molecular weight is 1490 g/mol. The van der Waals surface area contributed by atoms with Gasteiger partial charge >= 0.3 is 5.97 Å². The summed E-state index contributed by atoms with van der Waals surface area (Å²) in [5.41, 5.74) is 28.2. The number of azide groups is 1. The number of aromatic amines is 1. The zero-order chi connectivity index (χ0) is 77.1. The molecule has 0 bridgehead atoms.